The smallest absolute Gasteiger partial charge is 0.254 e. The molecule has 2 heterocycles. The number of rotatable bonds is 2. The molecule has 1 atom stereocenters. The predicted octanol–water partition coefficient (Wildman–Crippen LogP) is 0.353. The molecule has 1 aliphatic rings. The van der Waals surface area contributed by atoms with Gasteiger partial charge in [0.2, 0.25) is 5.91 Å². The maximum Gasteiger partial charge on any atom is 0.254 e. The first kappa shape index (κ1) is 10.9. The minimum atomic E-state index is -0.306. The molecule has 5 nitrogen and oxygen atoms in total. The number of aromatic nitrogens is 1. The number of hydrogen-bond donors (Lipinski definition) is 2. The average Bonchev–Trinajstić information content (AvgIpc) is 2.64. The van der Waals surface area contributed by atoms with Crippen molar-refractivity contribution in [2.75, 3.05) is 6.54 Å². The maximum atomic E-state index is 11.8. The van der Waals surface area contributed by atoms with Gasteiger partial charge in [-0.1, -0.05) is 11.6 Å². The van der Waals surface area contributed by atoms with Crippen LogP contribution in [0, 0.1) is 0 Å². The molecular formula is C10H10ClN3O2. The normalized spacial score (nSPS) is 19.3. The number of hydrogen-bond acceptors (Lipinski definition) is 3. The molecule has 0 saturated carbocycles. The van der Waals surface area contributed by atoms with E-state index in [4.69, 9.17) is 11.6 Å². The minimum Gasteiger partial charge on any atom is -0.354 e. The van der Waals surface area contributed by atoms with Crippen molar-refractivity contribution in [3.8, 4) is 0 Å². The highest BCUT2D eigenvalue weighted by Crippen LogP contribution is 2.12. The fourth-order valence-corrected chi connectivity index (χ4v) is 1.73. The molecule has 1 fully saturated rings. The standard InChI is InChI=1S/C10H10ClN3O2/c11-9-7(2-1-3-12-9)10(16)14-6-4-8(15)13-5-6/h1-3,6H,4-5H2,(H,13,15)(H,14,16). The Morgan fingerprint density at radius 1 is 1.62 bits per heavy atom. The van der Waals surface area contributed by atoms with Gasteiger partial charge in [-0.3, -0.25) is 9.59 Å². The summed E-state index contributed by atoms with van der Waals surface area (Å²) in [4.78, 5) is 26.5. The summed E-state index contributed by atoms with van der Waals surface area (Å²) in [6, 6.07) is 3.06. The molecule has 0 aromatic carbocycles. The molecule has 0 spiro atoms. The van der Waals surface area contributed by atoms with Gasteiger partial charge in [0.1, 0.15) is 5.15 Å². The fraction of sp³-hybridized carbons (Fsp3) is 0.300. The summed E-state index contributed by atoms with van der Waals surface area (Å²) in [5.41, 5.74) is 0.323. The molecule has 1 unspecified atom stereocenters. The Hall–Kier alpha value is -1.62. The van der Waals surface area contributed by atoms with Crippen LogP contribution in [0.5, 0.6) is 0 Å². The van der Waals surface area contributed by atoms with Crippen LogP contribution in [0.25, 0.3) is 0 Å². The van der Waals surface area contributed by atoms with E-state index in [1.165, 1.54) is 6.20 Å². The first-order valence-electron chi connectivity index (χ1n) is 4.85. The third-order valence-corrected chi connectivity index (χ3v) is 2.62. The van der Waals surface area contributed by atoms with Crippen LogP contribution in [0.1, 0.15) is 16.8 Å². The van der Waals surface area contributed by atoms with Crippen LogP contribution in [-0.4, -0.2) is 29.4 Å². The van der Waals surface area contributed by atoms with E-state index >= 15 is 0 Å². The van der Waals surface area contributed by atoms with Gasteiger partial charge in [-0.15, -0.1) is 0 Å². The Bertz CT molecular complexity index is 436. The molecule has 1 aromatic rings. The summed E-state index contributed by atoms with van der Waals surface area (Å²) in [5.74, 6) is -0.359. The van der Waals surface area contributed by atoms with Gasteiger partial charge in [-0.05, 0) is 12.1 Å². The lowest BCUT2D eigenvalue weighted by atomic mass is 10.2. The van der Waals surface area contributed by atoms with E-state index in [0.717, 1.165) is 0 Å². The zero-order valence-corrected chi connectivity index (χ0v) is 9.12. The Morgan fingerprint density at radius 3 is 3.06 bits per heavy atom. The Morgan fingerprint density at radius 2 is 2.44 bits per heavy atom. The van der Waals surface area contributed by atoms with Crippen LogP contribution in [0.2, 0.25) is 5.15 Å². The lowest BCUT2D eigenvalue weighted by Gasteiger charge is -2.10. The van der Waals surface area contributed by atoms with E-state index in [1.54, 1.807) is 12.1 Å². The van der Waals surface area contributed by atoms with Crippen molar-refractivity contribution in [3.05, 3.63) is 29.0 Å². The molecule has 0 radical (unpaired) electrons. The summed E-state index contributed by atoms with van der Waals surface area (Å²) < 4.78 is 0. The number of amides is 2. The van der Waals surface area contributed by atoms with E-state index in [9.17, 15) is 9.59 Å². The van der Waals surface area contributed by atoms with Gasteiger partial charge in [0.25, 0.3) is 5.91 Å². The Kier molecular flexibility index (Phi) is 3.05. The van der Waals surface area contributed by atoms with E-state index < -0.39 is 0 Å². The molecule has 1 aliphatic heterocycles. The summed E-state index contributed by atoms with van der Waals surface area (Å²) in [6.45, 7) is 0.461. The Balaban J connectivity index is 2.03. The number of carbonyl (C=O) groups is 2. The molecule has 2 rings (SSSR count). The summed E-state index contributed by atoms with van der Waals surface area (Å²) >= 11 is 5.78. The van der Waals surface area contributed by atoms with E-state index in [0.29, 0.717) is 18.5 Å². The van der Waals surface area contributed by atoms with Gasteiger partial charge in [0, 0.05) is 19.2 Å². The zero-order valence-electron chi connectivity index (χ0n) is 8.37. The van der Waals surface area contributed by atoms with Crippen LogP contribution in [0.4, 0.5) is 0 Å². The van der Waals surface area contributed by atoms with Crippen molar-refractivity contribution in [1.29, 1.82) is 0 Å². The lowest BCUT2D eigenvalue weighted by molar-refractivity contribution is -0.119. The molecule has 0 aliphatic carbocycles. The molecule has 2 amide bonds. The van der Waals surface area contributed by atoms with Gasteiger partial charge >= 0.3 is 0 Å². The zero-order chi connectivity index (χ0) is 11.5. The second-order valence-corrected chi connectivity index (χ2v) is 3.88. The largest absolute Gasteiger partial charge is 0.354 e. The van der Waals surface area contributed by atoms with Crippen molar-refractivity contribution >= 4 is 23.4 Å². The number of nitrogens with one attached hydrogen (secondary N) is 2. The van der Waals surface area contributed by atoms with Gasteiger partial charge in [0.05, 0.1) is 11.6 Å². The van der Waals surface area contributed by atoms with Crippen molar-refractivity contribution < 1.29 is 9.59 Å². The third kappa shape index (κ3) is 2.30. The number of pyridine rings is 1. The van der Waals surface area contributed by atoms with Crippen LogP contribution in [-0.2, 0) is 4.79 Å². The second kappa shape index (κ2) is 4.49. The minimum absolute atomic E-state index is 0.0532. The maximum absolute atomic E-state index is 11.8. The Labute approximate surface area is 97.2 Å². The van der Waals surface area contributed by atoms with Crippen LogP contribution >= 0.6 is 11.6 Å². The molecule has 6 heteroatoms. The van der Waals surface area contributed by atoms with Gasteiger partial charge in [0.15, 0.2) is 0 Å². The number of halogens is 1. The van der Waals surface area contributed by atoms with Gasteiger partial charge < -0.3 is 10.6 Å². The van der Waals surface area contributed by atoms with Crippen LogP contribution in [0.3, 0.4) is 0 Å². The third-order valence-electron chi connectivity index (χ3n) is 2.32. The predicted molar refractivity (Wildman–Crippen MR) is 58.1 cm³/mol. The summed E-state index contributed by atoms with van der Waals surface area (Å²) in [7, 11) is 0. The van der Waals surface area contributed by atoms with Gasteiger partial charge in [-0.25, -0.2) is 4.98 Å². The molecule has 1 aromatic heterocycles. The van der Waals surface area contributed by atoms with Crippen molar-refractivity contribution in [2.45, 2.75) is 12.5 Å². The van der Waals surface area contributed by atoms with Crippen molar-refractivity contribution in [3.63, 3.8) is 0 Å². The van der Waals surface area contributed by atoms with Crippen molar-refractivity contribution in [1.82, 2.24) is 15.6 Å². The topological polar surface area (TPSA) is 71.1 Å². The van der Waals surface area contributed by atoms with Crippen LogP contribution in [0.15, 0.2) is 18.3 Å². The molecule has 0 bridgehead atoms. The highest BCUT2D eigenvalue weighted by atomic mass is 35.5. The lowest BCUT2D eigenvalue weighted by Crippen LogP contribution is -2.36. The van der Waals surface area contributed by atoms with Crippen molar-refractivity contribution in [2.24, 2.45) is 0 Å². The van der Waals surface area contributed by atoms with Gasteiger partial charge in [-0.2, -0.15) is 0 Å². The fourth-order valence-electron chi connectivity index (χ4n) is 1.53. The SMILES string of the molecule is O=C1CC(NC(=O)c2cccnc2Cl)CN1. The molecular weight excluding hydrogens is 230 g/mol. The summed E-state index contributed by atoms with van der Waals surface area (Å²) in [5, 5.41) is 5.52. The highest BCUT2D eigenvalue weighted by Gasteiger charge is 2.24. The second-order valence-electron chi connectivity index (χ2n) is 3.52. The molecule has 84 valence electrons. The molecule has 2 N–H and O–H groups in total. The summed E-state index contributed by atoms with van der Waals surface area (Å²) in [6.07, 6.45) is 1.82. The highest BCUT2D eigenvalue weighted by molar-refractivity contribution is 6.32. The molecule has 1 saturated heterocycles. The van der Waals surface area contributed by atoms with Crippen LogP contribution < -0.4 is 10.6 Å². The average molecular weight is 240 g/mol. The first-order valence-corrected chi connectivity index (χ1v) is 5.22. The number of nitrogens with zero attached hydrogens (tertiary/aromatic N) is 1. The van der Waals surface area contributed by atoms with E-state index in [-0.39, 0.29) is 23.0 Å². The monoisotopic (exact) mass is 239 g/mol. The quantitative estimate of drug-likeness (QED) is 0.732. The first-order chi connectivity index (χ1) is 7.66. The van der Waals surface area contributed by atoms with E-state index in [1.807, 2.05) is 0 Å². The van der Waals surface area contributed by atoms with E-state index in [2.05, 4.69) is 15.6 Å². The molecule has 16 heavy (non-hydrogen) atoms. The number of carbonyl (C=O) groups excluding carboxylic acids is 2.